The number of aryl methyl sites for hydroxylation is 1. The molecule has 1 saturated heterocycles. The molecule has 2 rings (SSSR count). The second kappa shape index (κ2) is 5.26. The Bertz CT molecular complexity index is 453. The molecule has 1 heterocycles. The van der Waals surface area contributed by atoms with E-state index in [1.54, 1.807) is 0 Å². The molecule has 0 aromatic heterocycles. The van der Waals surface area contributed by atoms with Gasteiger partial charge in [0.1, 0.15) is 0 Å². The van der Waals surface area contributed by atoms with Crippen molar-refractivity contribution in [2.75, 3.05) is 33.7 Å². The predicted octanol–water partition coefficient (Wildman–Crippen LogP) is 3.21. The van der Waals surface area contributed by atoms with Crippen LogP contribution in [0.1, 0.15) is 43.4 Å². The van der Waals surface area contributed by atoms with Gasteiger partial charge < -0.3 is 4.90 Å². The number of hydrogen-bond acceptors (Lipinski definition) is 2. The Balaban J connectivity index is 2.46. The molecule has 0 saturated carbocycles. The van der Waals surface area contributed by atoms with E-state index >= 15 is 0 Å². The molecule has 0 aliphatic carbocycles. The molecule has 1 atom stereocenters. The summed E-state index contributed by atoms with van der Waals surface area (Å²) in [5.74, 6) is 0.592. The molecule has 2 heteroatoms. The van der Waals surface area contributed by atoms with Gasteiger partial charge in [-0.2, -0.15) is 0 Å². The topological polar surface area (TPSA) is 6.48 Å². The minimum absolute atomic E-state index is 0.127. The molecule has 1 aromatic carbocycles. The van der Waals surface area contributed by atoms with Crippen LogP contribution in [0.5, 0.6) is 0 Å². The average Bonchev–Trinajstić information content (AvgIpc) is 2.34. The number of benzene rings is 1. The van der Waals surface area contributed by atoms with Gasteiger partial charge in [-0.3, -0.25) is 4.90 Å². The molecule has 0 radical (unpaired) electrons. The minimum Gasteiger partial charge on any atom is -0.303 e. The van der Waals surface area contributed by atoms with Crippen molar-refractivity contribution in [2.45, 2.75) is 39.2 Å². The first kappa shape index (κ1) is 14.5. The van der Waals surface area contributed by atoms with E-state index in [1.165, 1.54) is 16.7 Å². The van der Waals surface area contributed by atoms with E-state index < -0.39 is 0 Å². The molecule has 1 fully saturated rings. The van der Waals surface area contributed by atoms with Crippen LogP contribution in [0, 0.1) is 6.92 Å². The lowest BCUT2D eigenvalue weighted by molar-refractivity contribution is 0.0375. The molecule has 0 amide bonds. The summed E-state index contributed by atoms with van der Waals surface area (Å²) >= 11 is 0. The van der Waals surface area contributed by atoms with Crippen LogP contribution >= 0.6 is 0 Å². The third kappa shape index (κ3) is 2.70. The highest BCUT2D eigenvalue weighted by atomic mass is 15.3. The molecule has 0 bridgehead atoms. The second-order valence-corrected chi connectivity index (χ2v) is 6.66. The van der Waals surface area contributed by atoms with E-state index in [1.807, 2.05) is 0 Å². The van der Waals surface area contributed by atoms with Gasteiger partial charge in [0.25, 0.3) is 0 Å². The maximum Gasteiger partial charge on any atom is 0.0560 e. The number of piperazine rings is 1. The number of nitrogens with zero attached hydrogens (tertiary/aromatic N) is 2. The molecular weight excluding hydrogens is 232 g/mol. The van der Waals surface area contributed by atoms with Crippen LogP contribution in [0.25, 0.3) is 0 Å². The van der Waals surface area contributed by atoms with E-state index in [4.69, 9.17) is 0 Å². The summed E-state index contributed by atoms with van der Waals surface area (Å²) in [6.07, 6.45) is 0. The summed E-state index contributed by atoms with van der Waals surface area (Å²) in [5, 5.41) is 0. The van der Waals surface area contributed by atoms with Gasteiger partial charge in [-0.15, -0.1) is 0 Å². The van der Waals surface area contributed by atoms with Crippen molar-refractivity contribution in [3.05, 3.63) is 34.9 Å². The lowest BCUT2D eigenvalue weighted by atomic mass is 9.83. The highest BCUT2D eigenvalue weighted by Crippen LogP contribution is 2.34. The molecule has 106 valence electrons. The Morgan fingerprint density at radius 1 is 1.16 bits per heavy atom. The average molecular weight is 260 g/mol. The van der Waals surface area contributed by atoms with Gasteiger partial charge in [0.05, 0.1) is 5.54 Å². The largest absolute Gasteiger partial charge is 0.303 e. The van der Waals surface area contributed by atoms with Crippen molar-refractivity contribution in [2.24, 2.45) is 0 Å². The molecule has 19 heavy (non-hydrogen) atoms. The van der Waals surface area contributed by atoms with E-state index in [-0.39, 0.29) is 5.54 Å². The quantitative estimate of drug-likeness (QED) is 0.805. The van der Waals surface area contributed by atoms with Crippen LogP contribution in [-0.2, 0) is 5.54 Å². The van der Waals surface area contributed by atoms with Gasteiger partial charge in [-0.1, -0.05) is 32.0 Å². The SMILES string of the molecule is Cc1ccc(C(C)C)cc1C1(C)CN(C)CCN1C. The van der Waals surface area contributed by atoms with Gasteiger partial charge in [0, 0.05) is 19.6 Å². The standard InChI is InChI=1S/C17H28N2/c1-13(2)15-8-7-14(3)16(11-15)17(4)12-18(5)9-10-19(17)6/h7-8,11,13H,9-10,12H2,1-6H3. The van der Waals surface area contributed by atoms with E-state index in [2.05, 4.69) is 69.8 Å². The number of likely N-dealkylation sites (N-methyl/N-ethyl adjacent to an activating group) is 2. The second-order valence-electron chi connectivity index (χ2n) is 6.66. The monoisotopic (exact) mass is 260 g/mol. The van der Waals surface area contributed by atoms with Crippen LogP contribution in [0.15, 0.2) is 18.2 Å². The van der Waals surface area contributed by atoms with Crippen molar-refractivity contribution in [3.63, 3.8) is 0 Å². The number of hydrogen-bond donors (Lipinski definition) is 0. The van der Waals surface area contributed by atoms with Crippen LogP contribution in [0.4, 0.5) is 0 Å². The predicted molar refractivity (Wildman–Crippen MR) is 82.7 cm³/mol. The zero-order valence-electron chi connectivity index (χ0n) is 13.3. The lowest BCUT2D eigenvalue weighted by Gasteiger charge is -2.47. The third-order valence-corrected chi connectivity index (χ3v) is 4.75. The van der Waals surface area contributed by atoms with Crippen molar-refractivity contribution in [1.82, 2.24) is 9.80 Å². The molecular formula is C17H28N2. The van der Waals surface area contributed by atoms with Crippen molar-refractivity contribution < 1.29 is 0 Å². The molecule has 1 unspecified atom stereocenters. The first-order chi connectivity index (χ1) is 8.84. The lowest BCUT2D eigenvalue weighted by Crippen LogP contribution is -2.56. The summed E-state index contributed by atoms with van der Waals surface area (Å²) in [7, 11) is 4.49. The molecule has 1 aliphatic rings. The van der Waals surface area contributed by atoms with E-state index in [0.717, 1.165) is 19.6 Å². The fourth-order valence-corrected chi connectivity index (χ4v) is 3.16. The Kier molecular flexibility index (Phi) is 4.03. The third-order valence-electron chi connectivity index (χ3n) is 4.75. The summed E-state index contributed by atoms with van der Waals surface area (Å²) in [6.45, 7) is 12.6. The van der Waals surface area contributed by atoms with Gasteiger partial charge in [0.2, 0.25) is 0 Å². The van der Waals surface area contributed by atoms with Crippen LogP contribution in [-0.4, -0.2) is 43.5 Å². The molecule has 0 N–H and O–H groups in total. The van der Waals surface area contributed by atoms with Gasteiger partial charge >= 0.3 is 0 Å². The van der Waals surface area contributed by atoms with Crippen molar-refractivity contribution in [1.29, 1.82) is 0 Å². The summed E-state index contributed by atoms with van der Waals surface area (Å²) in [5.41, 5.74) is 4.48. The zero-order chi connectivity index (χ0) is 14.2. The molecule has 0 spiro atoms. The zero-order valence-corrected chi connectivity index (χ0v) is 13.3. The Morgan fingerprint density at radius 2 is 1.84 bits per heavy atom. The fourth-order valence-electron chi connectivity index (χ4n) is 3.16. The van der Waals surface area contributed by atoms with Crippen LogP contribution in [0.2, 0.25) is 0 Å². The van der Waals surface area contributed by atoms with Crippen molar-refractivity contribution >= 4 is 0 Å². The van der Waals surface area contributed by atoms with Gasteiger partial charge in [0.15, 0.2) is 0 Å². The van der Waals surface area contributed by atoms with Gasteiger partial charge in [-0.25, -0.2) is 0 Å². The molecule has 2 nitrogen and oxygen atoms in total. The molecule has 1 aliphatic heterocycles. The van der Waals surface area contributed by atoms with Crippen LogP contribution in [0.3, 0.4) is 0 Å². The Hall–Kier alpha value is -0.860. The number of rotatable bonds is 2. The summed E-state index contributed by atoms with van der Waals surface area (Å²) in [4.78, 5) is 4.96. The van der Waals surface area contributed by atoms with Crippen molar-refractivity contribution in [3.8, 4) is 0 Å². The maximum absolute atomic E-state index is 2.51. The highest BCUT2D eigenvalue weighted by molar-refractivity contribution is 5.38. The fraction of sp³-hybridized carbons (Fsp3) is 0.647. The van der Waals surface area contributed by atoms with E-state index in [9.17, 15) is 0 Å². The Labute approximate surface area is 118 Å². The van der Waals surface area contributed by atoms with E-state index in [0.29, 0.717) is 5.92 Å². The minimum atomic E-state index is 0.127. The first-order valence-electron chi connectivity index (χ1n) is 7.35. The van der Waals surface area contributed by atoms with Gasteiger partial charge in [-0.05, 0) is 50.6 Å². The first-order valence-corrected chi connectivity index (χ1v) is 7.35. The summed E-state index contributed by atoms with van der Waals surface area (Å²) in [6, 6.07) is 6.99. The maximum atomic E-state index is 2.51. The Morgan fingerprint density at radius 3 is 2.47 bits per heavy atom. The van der Waals surface area contributed by atoms with Crippen LogP contribution < -0.4 is 0 Å². The highest BCUT2D eigenvalue weighted by Gasteiger charge is 2.36. The molecule has 1 aromatic rings. The smallest absolute Gasteiger partial charge is 0.0560 e. The normalized spacial score (nSPS) is 26.1. The summed E-state index contributed by atoms with van der Waals surface area (Å²) < 4.78 is 0.